The van der Waals surface area contributed by atoms with Gasteiger partial charge in [0, 0.05) is 12.3 Å². The summed E-state index contributed by atoms with van der Waals surface area (Å²) >= 11 is 0. The number of nitrogens with one attached hydrogen (secondary N) is 1. The van der Waals surface area contributed by atoms with Crippen LogP contribution in [0.5, 0.6) is 0 Å². The Labute approximate surface area is 130 Å². The Kier molecular flexibility index (Phi) is 4.51. The minimum absolute atomic E-state index is 0.0994. The molecule has 3 rings (SSSR count). The van der Waals surface area contributed by atoms with Crippen molar-refractivity contribution in [3.63, 3.8) is 0 Å². The third-order valence-corrected chi connectivity index (χ3v) is 4.18. The molecule has 0 spiro atoms. The maximum Gasteiger partial charge on any atom is 0.260 e. The van der Waals surface area contributed by atoms with Crippen molar-refractivity contribution < 1.29 is 9.32 Å². The highest BCUT2D eigenvalue weighted by atomic mass is 16.5. The van der Waals surface area contributed by atoms with Crippen LogP contribution in [0.1, 0.15) is 44.9 Å². The largest absolute Gasteiger partial charge is 0.334 e. The molecule has 0 bridgehead atoms. The van der Waals surface area contributed by atoms with E-state index in [9.17, 15) is 4.79 Å². The van der Waals surface area contributed by atoms with Gasteiger partial charge in [-0.3, -0.25) is 4.79 Å². The molecule has 0 aliphatic heterocycles. The van der Waals surface area contributed by atoms with Crippen LogP contribution >= 0.6 is 0 Å². The number of benzene rings is 1. The predicted molar refractivity (Wildman–Crippen MR) is 84.3 cm³/mol. The zero-order valence-corrected chi connectivity index (χ0v) is 12.8. The highest BCUT2D eigenvalue weighted by Crippen LogP contribution is 2.29. The van der Waals surface area contributed by atoms with Gasteiger partial charge >= 0.3 is 0 Å². The van der Waals surface area contributed by atoms with E-state index in [0.717, 1.165) is 43.4 Å². The van der Waals surface area contributed by atoms with E-state index in [-0.39, 0.29) is 11.8 Å². The molecule has 22 heavy (non-hydrogen) atoms. The van der Waals surface area contributed by atoms with E-state index in [1.54, 1.807) is 0 Å². The van der Waals surface area contributed by atoms with Crippen LogP contribution in [0.15, 0.2) is 28.8 Å². The van der Waals surface area contributed by atoms with Crippen molar-refractivity contribution in [2.24, 2.45) is 5.92 Å². The second-order valence-corrected chi connectivity index (χ2v) is 5.74. The van der Waals surface area contributed by atoms with E-state index < -0.39 is 0 Å². The van der Waals surface area contributed by atoms with Crippen molar-refractivity contribution in [1.29, 1.82) is 0 Å². The molecule has 116 valence electrons. The number of nitrogens with zero attached hydrogens (tertiary/aromatic N) is 2. The van der Waals surface area contributed by atoms with Crippen LogP contribution in [0.2, 0.25) is 0 Å². The second-order valence-electron chi connectivity index (χ2n) is 5.74. The summed E-state index contributed by atoms with van der Waals surface area (Å²) in [6.07, 6.45) is 6.21. The fourth-order valence-corrected chi connectivity index (χ4v) is 2.89. The molecule has 0 radical (unpaired) electrons. The van der Waals surface area contributed by atoms with Crippen LogP contribution in [-0.2, 0) is 11.2 Å². The summed E-state index contributed by atoms with van der Waals surface area (Å²) in [5.41, 5.74) is 1.52. The standard InChI is InChI=1S/C17H21N3O2/c1-2-15-19-17(22-20-15)13-10-6-7-11-14(13)18-16(21)12-8-4-3-5-9-12/h6-7,10-12H,2-5,8-9H2,1H3,(H,18,21). The Morgan fingerprint density at radius 3 is 2.77 bits per heavy atom. The van der Waals surface area contributed by atoms with Gasteiger partial charge in [-0.1, -0.05) is 43.5 Å². The van der Waals surface area contributed by atoms with Gasteiger partial charge in [-0.2, -0.15) is 4.98 Å². The third-order valence-electron chi connectivity index (χ3n) is 4.18. The molecule has 1 saturated carbocycles. The molecule has 1 heterocycles. The monoisotopic (exact) mass is 299 g/mol. The zero-order valence-electron chi connectivity index (χ0n) is 12.8. The van der Waals surface area contributed by atoms with Crippen molar-refractivity contribution in [2.45, 2.75) is 45.4 Å². The number of aryl methyl sites for hydroxylation is 1. The summed E-state index contributed by atoms with van der Waals surface area (Å²) in [5.74, 6) is 1.35. The molecular formula is C17H21N3O2. The van der Waals surface area contributed by atoms with Gasteiger partial charge in [0.2, 0.25) is 5.91 Å². The lowest BCUT2D eigenvalue weighted by atomic mass is 9.88. The van der Waals surface area contributed by atoms with Crippen LogP contribution in [0, 0.1) is 5.92 Å². The van der Waals surface area contributed by atoms with Crippen LogP contribution < -0.4 is 5.32 Å². The van der Waals surface area contributed by atoms with E-state index >= 15 is 0 Å². The normalized spacial score (nSPS) is 15.7. The number of para-hydroxylation sites is 1. The molecule has 1 aliphatic rings. The van der Waals surface area contributed by atoms with Gasteiger partial charge in [0.25, 0.3) is 5.89 Å². The van der Waals surface area contributed by atoms with Crippen molar-refractivity contribution >= 4 is 11.6 Å². The Bertz CT molecular complexity index is 645. The molecule has 1 fully saturated rings. The zero-order chi connectivity index (χ0) is 15.4. The third kappa shape index (κ3) is 3.18. The minimum atomic E-state index is 0.0994. The molecule has 5 nitrogen and oxygen atoms in total. The van der Waals surface area contributed by atoms with Gasteiger partial charge in [0.1, 0.15) is 0 Å². The van der Waals surface area contributed by atoms with E-state index in [1.807, 2.05) is 31.2 Å². The molecule has 1 amide bonds. The lowest BCUT2D eigenvalue weighted by Gasteiger charge is -2.21. The van der Waals surface area contributed by atoms with Gasteiger partial charge in [0.05, 0.1) is 11.3 Å². The minimum Gasteiger partial charge on any atom is -0.334 e. The first-order valence-corrected chi connectivity index (χ1v) is 8.00. The van der Waals surface area contributed by atoms with E-state index in [1.165, 1.54) is 6.42 Å². The van der Waals surface area contributed by atoms with Gasteiger partial charge in [-0.05, 0) is 25.0 Å². The van der Waals surface area contributed by atoms with Crippen molar-refractivity contribution in [3.05, 3.63) is 30.1 Å². The van der Waals surface area contributed by atoms with Crippen molar-refractivity contribution in [2.75, 3.05) is 5.32 Å². The number of hydrogen-bond acceptors (Lipinski definition) is 4. The molecule has 5 heteroatoms. The van der Waals surface area contributed by atoms with Crippen LogP contribution in [0.25, 0.3) is 11.5 Å². The smallest absolute Gasteiger partial charge is 0.260 e. The maximum absolute atomic E-state index is 12.4. The first-order valence-electron chi connectivity index (χ1n) is 8.00. The predicted octanol–water partition coefficient (Wildman–Crippen LogP) is 3.82. The Balaban J connectivity index is 1.80. The SMILES string of the molecule is CCc1noc(-c2ccccc2NC(=O)C2CCCCC2)n1. The molecular weight excluding hydrogens is 278 g/mol. The van der Waals surface area contributed by atoms with Gasteiger partial charge in [-0.15, -0.1) is 0 Å². The maximum atomic E-state index is 12.4. The van der Waals surface area contributed by atoms with Crippen molar-refractivity contribution in [1.82, 2.24) is 10.1 Å². The van der Waals surface area contributed by atoms with Crippen molar-refractivity contribution in [3.8, 4) is 11.5 Å². The average Bonchev–Trinajstić information content (AvgIpc) is 3.05. The number of anilines is 1. The Hall–Kier alpha value is -2.17. The van der Waals surface area contributed by atoms with Crippen LogP contribution in [0.3, 0.4) is 0 Å². The lowest BCUT2D eigenvalue weighted by molar-refractivity contribution is -0.120. The highest BCUT2D eigenvalue weighted by Gasteiger charge is 2.22. The second kappa shape index (κ2) is 6.73. The first-order chi connectivity index (χ1) is 10.8. The Morgan fingerprint density at radius 2 is 2.05 bits per heavy atom. The molecule has 0 saturated heterocycles. The molecule has 1 aliphatic carbocycles. The molecule has 1 aromatic carbocycles. The van der Waals surface area contributed by atoms with Gasteiger partial charge in [-0.25, -0.2) is 0 Å². The first kappa shape index (κ1) is 14.8. The van der Waals surface area contributed by atoms with Crippen LogP contribution in [0.4, 0.5) is 5.69 Å². The summed E-state index contributed by atoms with van der Waals surface area (Å²) in [6.45, 7) is 1.98. The van der Waals surface area contributed by atoms with E-state index in [4.69, 9.17) is 4.52 Å². The molecule has 2 aromatic rings. The molecule has 1 aromatic heterocycles. The molecule has 0 atom stereocenters. The topological polar surface area (TPSA) is 68.0 Å². The lowest BCUT2D eigenvalue weighted by Crippen LogP contribution is -2.24. The number of carbonyl (C=O) groups is 1. The quantitative estimate of drug-likeness (QED) is 0.932. The summed E-state index contributed by atoms with van der Waals surface area (Å²) in [7, 11) is 0. The summed E-state index contributed by atoms with van der Waals surface area (Å²) in [6, 6.07) is 7.58. The summed E-state index contributed by atoms with van der Waals surface area (Å²) < 4.78 is 5.30. The number of rotatable bonds is 4. The van der Waals surface area contributed by atoms with E-state index in [2.05, 4.69) is 15.5 Å². The number of hydrogen-bond donors (Lipinski definition) is 1. The fourth-order valence-electron chi connectivity index (χ4n) is 2.89. The number of amides is 1. The number of aromatic nitrogens is 2. The summed E-state index contributed by atoms with van der Waals surface area (Å²) in [4.78, 5) is 16.8. The molecule has 0 unspecified atom stereocenters. The average molecular weight is 299 g/mol. The fraction of sp³-hybridized carbons (Fsp3) is 0.471. The summed E-state index contributed by atoms with van der Waals surface area (Å²) in [5, 5.41) is 6.96. The number of carbonyl (C=O) groups excluding carboxylic acids is 1. The molecule has 1 N–H and O–H groups in total. The Morgan fingerprint density at radius 1 is 1.27 bits per heavy atom. The van der Waals surface area contributed by atoms with E-state index in [0.29, 0.717) is 11.7 Å². The van der Waals surface area contributed by atoms with Crippen LogP contribution in [-0.4, -0.2) is 16.0 Å². The van der Waals surface area contributed by atoms with Gasteiger partial charge in [0.15, 0.2) is 5.82 Å². The highest BCUT2D eigenvalue weighted by molar-refractivity contribution is 5.96. The van der Waals surface area contributed by atoms with Gasteiger partial charge < -0.3 is 9.84 Å².